The second-order valence-corrected chi connectivity index (χ2v) is 6.91. The number of rotatable bonds is 8. The van der Waals surface area contributed by atoms with E-state index in [4.69, 9.17) is 9.47 Å². The molecule has 5 nitrogen and oxygen atoms in total. The largest absolute Gasteiger partial charge is 0.477 e. The van der Waals surface area contributed by atoms with E-state index in [0.717, 1.165) is 44.1 Å². The van der Waals surface area contributed by atoms with Gasteiger partial charge >= 0.3 is 0 Å². The molecule has 1 heterocycles. The van der Waals surface area contributed by atoms with Gasteiger partial charge in [-0.05, 0) is 38.7 Å². The number of nitrogens with one attached hydrogen (secondary N) is 1. The van der Waals surface area contributed by atoms with Crippen molar-refractivity contribution in [3.63, 3.8) is 0 Å². The zero-order valence-corrected chi connectivity index (χ0v) is 15.9. The van der Waals surface area contributed by atoms with E-state index in [2.05, 4.69) is 24.1 Å². The summed E-state index contributed by atoms with van der Waals surface area (Å²) in [4.78, 5) is 17.4. The highest BCUT2D eigenvalue weighted by atomic mass is 16.5. The summed E-state index contributed by atoms with van der Waals surface area (Å²) in [5, 5.41) is 3.03. The Morgan fingerprint density at radius 3 is 2.44 bits per heavy atom. The molecule has 1 fully saturated rings. The van der Waals surface area contributed by atoms with Gasteiger partial charge in [-0.15, -0.1) is 0 Å². The Kier molecular flexibility index (Phi) is 7.69. The summed E-state index contributed by atoms with van der Waals surface area (Å²) in [5.74, 6) is 0.595. The summed E-state index contributed by atoms with van der Waals surface area (Å²) in [6.45, 7) is 7.35. The van der Waals surface area contributed by atoms with Crippen molar-refractivity contribution in [2.24, 2.45) is 0 Å². The Morgan fingerprint density at radius 2 is 1.84 bits per heavy atom. The molecule has 1 amide bonds. The molecule has 1 aliphatic carbocycles. The fourth-order valence-corrected chi connectivity index (χ4v) is 3.26. The maximum absolute atomic E-state index is 13.0. The molecular formula is C20H32N2O3. The molecular weight excluding hydrogens is 316 g/mol. The number of hydrogen-bond donors (Lipinski definition) is 1. The van der Waals surface area contributed by atoms with Crippen LogP contribution < -0.4 is 10.1 Å². The van der Waals surface area contributed by atoms with Crippen molar-refractivity contribution in [2.75, 3.05) is 18.5 Å². The predicted molar refractivity (Wildman–Crippen MR) is 100 cm³/mol. The minimum absolute atomic E-state index is 0.0359. The third kappa shape index (κ3) is 5.43. The quantitative estimate of drug-likeness (QED) is 0.695. The minimum atomic E-state index is -0.697. The van der Waals surface area contributed by atoms with Crippen LogP contribution in [0.5, 0.6) is 5.88 Å². The second kappa shape index (κ2) is 9.76. The molecule has 0 radical (unpaired) electrons. The molecule has 1 aromatic heterocycles. The number of pyridine rings is 1. The van der Waals surface area contributed by atoms with Crippen molar-refractivity contribution >= 4 is 11.6 Å². The van der Waals surface area contributed by atoms with Crippen LogP contribution in [0, 0.1) is 6.92 Å². The smallest absolute Gasteiger partial charge is 0.256 e. The van der Waals surface area contributed by atoms with Gasteiger partial charge in [-0.1, -0.05) is 39.5 Å². The van der Waals surface area contributed by atoms with E-state index in [1.54, 1.807) is 6.20 Å². The van der Waals surface area contributed by atoms with Gasteiger partial charge in [0.05, 0.1) is 18.5 Å². The van der Waals surface area contributed by atoms with Crippen molar-refractivity contribution in [1.29, 1.82) is 0 Å². The first-order valence-corrected chi connectivity index (χ1v) is 9.66. The number of amides is 1. The van der Waals surface area contributed by atoms with E-state index in [9.17, 15) is 4.79 Å². The van der Waals surface area contributed by atoms with E-state index >= 15 is 0 Å². The van der Waals surface area contributed by atoms with Crippen LogP contribution in [0.3, 0.4) is 0 Å². The van der Waals surface area contributed by atoms with E-state index < -0.39 is 5.60 Å². The van der Waals surface area contributed by atoms with Crippen LogP contribution in [-0.4, -0.2) is 29.7 Å². The fraction of sp³-hybridized carbons (Fsp3) is 0.700. The average molecular weight is 348 g/mol. The summed E-state index contributed by atoms with van der Waals surface area (Å²) >= 11 is 0. The van der Waals surface area contributed by atoms with Crippen molar-refractivity contribution < 1.29 is 14.3 Å². The Morgan fingerprint density at radius 1 is 1.16 bits per heavy atom. The number of aromatic nitrogens is 1. The molecule has 0 aliphatic heterocycles. The summed E-state index contributed by atoms with van der Waals surface area (Å²) in [7, 11) is 0. The monoisotopic (exact) mass is 348 g/mol. The second-order valence-electron chi connectivity index (χ2n) is 6.91. The van der Waals surface area contributed by atoms with Crippen molar-refractivity contribution in [3.8, 4) is 5.88 Å². The molecule has 0 spiro atoms. The normalized spacial score (nSPS) is 16.9. The highest BCUT2D eigenvalue weighted by Gasteiger charge is 2.39. The minimum Gasteiger partial charge on any atom is -0.477 e. The molecule has 0 unspecified atom stereocenters. The summed E-state index contributed by atoms with van der Waals surface area (Å²) in [6, 6.07) is 1.92. The molecule has 140 valence electrons. The van der Waals surface area contributed by atoms with Gasteiger partial charge < -0.3 is 14.8 Å². The number of hydrogen-bond acceptors (Lipinski definition) is 4. The van der Waals surface area contributed by atoms with Crippen LogP contribution in [0.15, 0.2) is 12.3 Å². The first kappa shape index (κ1) is 19.7. The molecule has 1 aromatic rings. The highest BCUT2D eigenvalue weighted by molar-refractivity contribution is 5.97. The lowest BCUT2D eigenvalue weighted by atomic mass is 9.92. The Labute approximate surface area is 151 Å². The van der Waals surface area contributed by atoms with Crippen LogP contribution in [0.4, 0.5) is 5.69 Å². The Bertz CT molecular complexity index is 552. The summed E-state index contributed by atoms with van der Waals surface area (Å²) in [6.07, 6.45) is 9.54. The molecule has 0 saturated heterocycles. The zero-order valence-electron chi connectivity index (χ0n) is 15.9. The molecule has 5 heteroatoms. The topological polar surface area (TPSA) is 60.5 Å². The zero-order chi connectivity index (χ0) is 18.1. The Balaban J connectivity index is 2.10. The lowest BCUT2D eigenvalue weighted by Gasteiger charge is -2.31. The van der Waals surface area contributed by atoms with Gasteiger partial charge in [-0.25, -0.2) is 4.98 Å². The SMILES string of the molecule is CCCOc1ncc(NC(=O)C2(OCCC)CCCCCC2)cc1C. The molecule has 1 N–H and O–H groups in total. The summed E-state index contributed by atoms with van der Waals surface area (Å²) < 4.78 is 11.7. The first-order valence-electron chi connectivity index (χ1n) is 9.66. The molecule has 1 saturated carbocycles. The summed E-state index contributed by atoms with van der Waals surface area (Å²) in [5.41, 5.74) is 0.934. The third-order valence-corrected chi connectivity index (χ3v) is 4.64. The molecule has 1 aliphatic rings. The van der Waals surface area contributed by atoms with Crippen LogP contribution in [0.25, 0.3) is 0 Å². The number of anilines is 1. The molecule has 0 bridgehead atoms. The predicted octanol–water partition coefficient (Wildman–Crippen LogP) is 4.64. The number of carbonyl (C=O) groups excluding carboxylic acids is 1. The molecule has 2 rings (SSSR count). The van der Waals surface area contributed by atoms with Crippen LogP contribution in [0.2, 0.25) is 0 Å². The average Bonchev–Trinajstić information content (AvgIpc) is 2.86. The maximum Gasteiger partial charge on any atom is 0.256 e. The first-order chi connectivity index (χ1) is 12.1. The van der Waals surface area contributed by atoms with Crippen molar-refractivity contribution in [3.05, 3.63) is 17.8 Å². The lowest BCUT2D eigenvalue weighted by Crippen LogP contribution is -2.45. The molecule has 0 aromatic carbocycles. The molecule has 0 atom stereocenters. The van der Waals surface area contributed by atoms with Crippen molar-refractivity contribution in [2.45, 2.75) is 77.7 Å². The van der Waals surface area contributed by atoms with Gasteiger partial charge in [0.2, 0.25) is 5.88 Å². The molecule has 25 heavy (non-hydrogen) atoms. The number of nitrogens with zero attached hydrogens (tertiary/aromatic N) is 1. The van der Waals surface area contributed by atoms with Gasteiger partial charge in [-0.2, -0.15) is 0 Å². The van der Waals surface area contributed by atoms with E-state index in [1.165, 1.54) is 12.8 Å². The van der Waals surface area contributed by atoms with Crippen molar-refractivity contribution in [1.82, 2.24) is 4.98 Å². The number of ether oxygens (including phenoxy) is 2. The van der Waals surface area contributed by atoms with Crippen LogP contribution in [-0.2, 0) is 9.53 Å². The third-order valence-electron chi connectivity index (χ3n) is 4.64. The lowest BCUT2D eigenvalue weighted by molar-refractivity contribution is -0.143. The van der Waals surface area contributed by atoms with Gasteiger partial charge in [0.25, 0.3) is 5.91 Å². The van der Waals surface area contributed by atoms with Crippen LogP contribution >= 0.6 is 0 Å². The van der Waals surface area contributed by atoms with E-state index in [0.29, 0.717) is 24.8 Å². The van der Waals surface area contributed by atoms with Gasteiger partial charge in [0.15, 0.2) is 0 Å². The maximum atomic E-state index is 13.0. The highest BCUT2D eigenvalue weighted by Crippen LogP contribution is 2.32. The number of carbonyl (C=O) groups is 1. The fourth-order valence-electron chi connectivity index (χ4n) is 3.26. The van der Waals surface area contributed by atoms with E-state index in [1.807, 2.05) is 13.0 Å². The van der Waals surface area contributed by atoms with Gasteiger partial charge in [0, 0.05) is 12.2 Å². The van der Waals surface area contributed by atoms with Gasteiger partial charge in [0.1, 0.15) is 5.60 Å². The van der Waals surface area contributed by atoms with E-state index in [-0.39, 0.29) is 5.91 Å². The standard InChI is InChI=1S/C20H32N2O3/c1-4-12-24-18-16(3)14-17(15-21-18)22-19(23)20(25-13-5-2)10-8-6-7-9-11-20/h14-15H,4-13H2,1-3H3,(H,22,23). The Hall–Kier alpha value is -1.62. The van der Waals surface area contributed by atoms with Gasteiger partial charge in [-0.3, -0.25) is 4.79 Å². The van der Waals surface area contributed by atoms with Crippen LogP contribution in [0.1, 0.15) is 70.8 Å². The number of aryl methyl sites for hydroxylation is 1.